The van der Waals surface area contributed by atoms with E-state index in [-0.39, 0.29) is 18.4 Å². The second-order valence-electron chi connectivity index (χ2n) is 4.28. The van der Waals surface area contributed by atoms with Crippen LogP contribution in [0.3, 0.4) is 0 Å². The van der Waals surface area contributed by atoms with Crippen LogP contribution < -0.4 is 16.4 Å². The minimum Gasteiger partial charge on any atom is -0.480 e. The Balaban J connectivity index is 2.62. The molecule has 1 aromatic carbocycles. The van der Waals surface area contributed by atoms with Gasteiger partial charge in [-0.15, -0.1) is 0 Å². The molecule has 0 spiro atoms. The average molecular weight is 279 g/mol. The number of benzene rings is 1. The van der Waals surface area contributed by atoms with Crippen LogP contribution in [0.2, 0.25) is 0 Å². The van der Waals surface area contributed by atoms with Crippen molar-refractivity contribution in [1.29, 1.82) is 0 Å². The van der Waals surface area contributed by atoms with Crippen molar-refractivity contribution < 1.29 is 19.5 Å². The number of nitrogens with one attached hydrogen (secondary N) is 2. The fourth-order valence-corrected chi connectivity index (χ4v) is 1.34. The maximum atomic E-state index is 11.6. The van der Waals surface area contributed by atoms with Gasteiger partial charge >= 0.3 is 5.97 Å². The van der Waals surface area contributed by atoms with Gasteiger partial charge in [-0.2, -0.15) is 0 Å². The lowest BCUT2D eigenvalue weighted by atomic mass is 10.1. The molecule has 0 aliphatic carbocycles. The SMILES string of the molecule is CC(CN)C(=O)Nc1ccc(C(=O)NCC(=O)O)cc1. The van der Waals surface area contributed by atoms with Crippen LogP contribution >= 0.6 is 0 Å². The number of carbonyl (C=O) groups excluding carboxylic acids is 2. The van der Waals surface area contributed by atoms with Crippen molar-refractivity contribution in [3.8, 4) is 0 Å². The summed E-state index contributed by atoms with van der Waals surface area (Å²) in [6.45, 7) is 1.52. The van der Waals surface area contributed by atoms with Crippen LogP contribution in [0.1, 0.15) is 17.3 Å². The summed E-state index contributed by atoms with van der Waals surface area (Å²) in [6, 6.07) is 6.13. The predicted molar refractivity (Wildman–Crippen MR) is 73.3 cm³/mol. The number of carboxylic acid groups (broad SMARTS) is 1. The summed E-state index contributed by atoms with van der Waals surface area (Å²) in [5.74, 6) is -2.09. The summed E-state index contributed by atoms with van der Waals surface area (Å²) < 4.78 is 0. The van der Waals surface area contributed by atoms with E-state index in [1.54, 1.807) is 19.1 Å². The largest absolute Gasteiger partial charge is 0.480 e. The third-order valence-electron chi connectivity index (χ3n) is 2.62. The summed E-state index contributed by atoms with van der Waals surface area (Å²) in [4.78, 5) is 33.5. The molecule has 2 amide bonds. The fourth-order valence-electron chi connectivity index (χ4n) is 1.34. The summed E-state index contributed by atoms with van der Waals surface area (Å²) in [7, 11) is 0. The molecule has 0 bridgehead atoms. The first kappa shape index (κ1) is 15.6. The summed E-state index contributed by atoms with van der Waals surface area (Å²) in [5, 5.41) is 13.4. The normalized spacial score (nSPS) is 11.5. The van der Waals surface area contributed by atoms with Gasteiger partial charge in [-0.05, 0) is 24.3 Å². The van der Waals surface area contributed by atoms with E-state index < -0.39 is 18.4 Å². The van der Waals surface area contributed by atoms with E-state index in [1.807, 2.05) is 0 Å². The molecule has 1 unspecified atom stereocenters. The van der Waals surface area contributed by atoms with E-state index in [1.165, 1.54) is 12.1 Å². The molecule has 1 rings (SSSR count). The van der Waals surface area contributed by atoms with Gasteiger partial charge in [-0.1, -0.05) is 6.92 Å². The Hall–Kier alpha value is -2.41. The molecular formula is C13H17N3O4. The van der Waals surface area contributed by atoms with Crippen molar-refractivity contribution in [1.82, 2.24) is 5.32 Å². The first-order chi connectivity index (χ1) is 9.43. The highest BCUT2D eigenvalue weighted by Gasteiger charge is 2.11. The number of carboxylic acids is 1. The number of amides is 2. The molecule has 0 saturated heterocycles. The molecule has 0 saturated carbocycles. The van der Waals surface area contributed by atoms with E-state index >= 15 is 0 Å². The highest BCUT2D eigenvalue weighted by atomic mass is 16.4. The van der Waals surface area contributed by atoms with Crippen LogP contribution in [0.5, 0.6) is 0 Å². The van der Waals surface area contributed by atoms with Crippen LogP contribution in [0.15, 0.2) is 24.3 Å². The molecule has 0 radical (unpaired) electrons. The van der Waals surface area contributed by atoms with Crippen LogP contribution in [0.4, 0.5) is 5.69 Å². The Labute approximate surface area is 116 Å². The van der Waals surface area contributed by atoms with E-state index in [2.05, 4.69) is 10.6 Å². The van der Waals surface area contributed by atoms with Gasteiger partial charge in [0.15, 0.2) is 0 Å². The van der Waals surface area contributed by atoms with Gasteiger partial charge in [-0.25, -0.2) is 0 Å². The van der Waals surface area contributed by atoms with Crippen LogP contribution in [-0.2, 0) is 9.59 Å². The number of hydrogen-bond acceptors (Lipinski definition) is 4. The quantitative estimate of drug-likeness (QED) is 0.585. The molecule has 20 heavy (non-hydrogen) atoms. The summed E-state index contributed by atoms with van der Waals surface area (Å²) >= 11 is 0. The van der Waals surface area contributed by atoms with Gasteiger partial charge in [0.25, 0.3) is 5.91 Å². The van der Waals surface area contributed by atoms with Gasteiger partial charge in [0, 0.05) is 23.7 Å². The van der Waals surface area contributed by atoms with Gasteiger partial charge in [0.2, 0.25) is 5.91 Å². The minimum atomic E-state index is -1.11. The Morgan fingerprint density at radius 3 is 2.35 bits per heavy atom. The molecule has 0 aliphatic rings. The van der Waals surface area contributed by atoms with Crippen molar-refractivity contribution in [2.75, 3.05) is 18.4 Å². The maximum absolute atomic E-state index is 11.6. The number of rotatable bonds is 6. The highest BCUT2D eigenvalue weighted by molar-refractivity contribution is 5.97. The minimum absolute atomic E-state index is 0.199. The topological polar surface area (TPSA) is 122 Å². The molecule has 108 valence electrons. The predicted octanol–water partition coefficient (Wildman–Crippen LogP) is 0.0343. The molecule has 0 fully saturated rings. The van der Waals surface area contributed by atoms with E-state index in [0.717, 1.165) is 0 Å². The van der Waals surface area contributed by atoms with Gasteiger partial charge in [0.1, 0.15) is 6.54 Å². The lowest BCUT2D eigenvalue weighted by molar-refractivity contribution is -0.135. The van der Waals surface area contributed by atoms with Gasteiger partial charge in [-0.3, -0.25) is 14.4 Å². The number of carbonyl (C=O) groups is 3. The molecule has 7 heteroatoms. The zero-order chi connectivity index (χ0) is 15.1. The third kappa shape index (κ3) is 4.69. The van der Waals surface area contributed by atoms with Crippen molar-refractivity contribution in [2.45, 2.75) is 6.92 Å². The summed E-state index contributed by atoms with van der Waals surface area (Å²) in [6.07, 6.45) is 0. The number of nitrogens with two attached hydrogens (primary N) is 1. The third-order valence-corrected chi connectivity index (χ3v) is 2.62. The van der Waals surface area contributed by atoms with Crippen molar-refractivity contribution >= 4 is 23.5 Å². The van der Waals surface area contributed by atoms with E-state index in [0.29, 0.717) is 11.3 Å². The molecule has 7 nitrogen and oxygen atoms in total. The highest BCUT2D eigenvalue weighted by Crippen LogP contribution is 2.10. The summed E-state index contributed by atoms with van der Waals surface area (Å²) in [5.41, 5.74) is 6.25. The van der Waals surface area contributed by atoms with Crippen molar-refractivity contribution in [3.05, 3.63) is 29.8 Å². The van der Waals surface area contributed by atoms with Crippen molar-refractivity contribution in [2.24, 2.45) is 11.7 Å². The van der Waals surface area contributed by atoms with Crippen LogP contribution in [0.25, 0.3) is 0 Å². The second-order valence-corrected chi connectivity index (χ2v) is 4.28. The molecule has 0 aromatic heterocycles. The van der Waals surface area contributed by atoms with Crippen LogP contribution in [-0.4, -0.2) is 36.0 Å². The zero-order valence-electron chi connectivity index (χ0n) is 11.1. The van der Waals surface area contributed by atoms with E-state index in [4.69, 9.17) is 10.8 Å². The van der Waals surface area contributed by atoms with E-state index in [9.17, 15) is 14.4 Å². The number of aliphatic carboxylic acids is 1. The number of anilines is 1. The molecule has 1 atom stereocenters. The molecule has 0 aliphatic heterocycles. The smallest absolute Gasteiger partial charge is 0.322 e. The van der Waals surface area contributed by atoms with Crippen molar-refractivity contribution in [3.63, 3.8) is 0 Å². The second kappa shape index (κ2) is 7.25. The van der Waals surface area contributed by atoms with Gasteiger partial charge in [0.05, 0.1) is 0 Å². The molecular weight excluding hydrogens is 262 g/mol. The maximum Gasteiger partial charge on any atom is 0.322 e. The lowest BCUT2D eigenvalue weighted by Crippen LogP contribution is -2.29. The molecule has 5 N–H and O–H groups in total. The standard InChI is InChI=1S/C13H17N3O4/c1-8(6-14)12(19)16-10-4-2-9(3-5-10)13(20)15-7-11(17)18/h2-5,8H,6-7,14H2,1H3,(H,15,20)(H,16,19)(H,17,18). The fraction of sp³-hybridized carbons (Fsp3) is 0.308. The van der Waals surface area contributed by atoms with Crippen LogP contribution in [0, 0.1) is 5.92 Å². The molecule has 0 heterocycles. The Morgan fingerprint density at radius 1 is 1.25 bits per heavy atom. The first-order valence-corrected chi connectivity index (χ1v) is 6.05. The van der Waals surface area contributed by atoms with Gasteiger partial charge < -0.3 is 21.5 Å². The Kier molecular flexibility index (Phi) is 5.67. The molecule has 1 aromatic rings. The Morgan fingerprint density at radius 2 is 1.85 bits per heavy atom. The lowest BCUT2D eigenvalue weighted by Gasteiger charge is -2.10. The monoisotopic (exact) mass is 279 g/mol. The first-order valence-electron chi connectivity index (χ1n) is 6.05. The Bertz CT molecular complexity index is 499. The number of hydrogen-bond donors (Lipinski definition) is 4. The average Bonchev–Trinajstić information content (AvgIpc) is 2.44. The zero-order valence-corrected chi connectivity index (χ0v) is 11.1.